The van der Waals surface area contributed by atoms with E-state index in [2.05, 4.69) is 27.7 Å². The van der Waals surface area contributed by atoms with Gasteiger partial charge in [0.05, 0.1) is 37.1 Å². The highest BCUT2D eigenvalue weighted by molar-refractivity contribution is 5.04. The second-order valence-electron chi connectivity index (χ2n) is 7.02. The molecule has 1 heterocycles. The quantitative estimate of drug-likeness (QED) is 0.579. The van der Waals surface area contributed by atoms with Crippen LogP contribution in [0.4, 0.5) is 0 Å². The summed E-state index contributed by atoms with van der Waals surface area (Å²) in [5, 5.41) is 0. The molecule has 1 aliphatic carbocycles. The zero-order valence-corrected chi connectivity index (χ0v) is 13.6. The van der Waals surface area contributed by atoms with Crippen LogP contribution in [0.15, 0.2) is 0 Å². The third-order valence-electron chi connectivity index (χ3n) is 4.54. The first-order valence-electron chi connectivity index (χ1n) is 7.81. The van der Waals surface area contributed by atoms with Gasteiger partial charge in [-0.3, -0.25) is 0 Å². The van der Waals surface area contributed by atoms with Crippen molar-refractivity contribution in [2.45, 2.75) is 70.4 Å². The van der Waals surface area contributed by atoms with E-state index in [0.29, 0.717) is 18.6 Å². The maximum Gasteiger partial charge on any atom is 0.104 e. The number of hydrogen-bond donors (Lipinski definition) is 0. The molecular weight excluding hydrogens is 256 g/mol. The van der Waals surface area contributed by atoms with Crippen LogP contribution in [0, 0.1) is 5.92 Å². The molecule has 0 bridgehead atoms. The summed E-state index contributed by atoms with van der Waals surface area (Å²) in [4.78, 5) is 0. The number of hydrogen-bond acceptors (Lipinski definition) is 4. The zero-order valence-electron chi connectivity index (χ0n) is 13.6. The average molecular weight is 286 g/mol. The van der Waals surface area contributed by atoms with Crippen LogP contribution >= 0.6 is 0 Å². The summed E-state index contributed by atoms with van der Waals surface area (Å²) in [6, 6.07) is 0. The van der Waals surface area contributed by atoms with Crippen molar-refractivity contribution in [1.29, 1.82) is 0 Å². The highest BCUT2D eigenvalue weighted by Crippen LogP contribution is 2.51. The van der Waals surface area contributed by atoms with Gasteiger partial charge in [0.25, 0.3) is 0 Å². The number of ether oxygens (including phenoxy) is 4. The Bertz CT molecular complexity index is 310. The Morgan fingerprint density at radius 3 is 2.65 bits per heavy atom. The zero-order chi connectivity index (χ0) is 14.8. The molecule has 0 aromatic heterocycles. The van der Waals surface area contributed by atoms with E-state index in [4.69, 9.17) is 18.9 Å². The van der Waals surface area contributed by atoms with Crippen molar-refractivity contribution in [2.75, 3.05) is 26.9 Å². The Balaban J connectivity index is 1.69. The van der Waals surface area contributed by atoms with Crippen LogP contribution in [0.1, 0.15) is 47.0 Å². The molecule has 118 valence electrons. The van der Waals surface area contributed by atoms with Crippen LogP contribution in [0.25, 0.3) is 0 Å². The van der Waals surface area contributed by atoms with Gasteiger partial charge in [-0.15, -0.1) is 0 Å². The SMILES string of the molecule is CCC(COC1(C)CC1CC(C)(C)OCC1CO1)OC. The van der Waals surface area contributed by atoms with Crippen molar-refractivity contribution < 1.29 is 18.9 Å². The normalized spacial score (nSPS) is 34.0. The lowest BCUT2D eigenvalue weighted by atomic mass is 9.99. The van der Waals surface area contributed by atoms with Gasteiger partial charge >= 0.3 is 0 Å². The maximum atomic E-state index is 6.08. The fourth-order valence-corrected chi connectivity index (χ4v) is 2.67. The summed E-state index contributed by atoms with van der Waals surface area (Å²) >= 11 is 0. The second kappa shape index (κ2) is 6.30. The van der Waals surface area contributed by atoms with Gasteiger partial charge in [-0.2, -0.15) is 0 Å². The number of epoxide rings is 1. The highest BCUT2D eigenvalue weighted by atomic mass is 16.6. The van der Waals surface area contributed by atoms with Gasteiger partial charge in [-0.05, 0) is 46.0 Å². The van der Waals surface area contributed by atoms with Crippen molar-refractivity contribution >= 4 is 0 Å². The smallest absolute Gasteiger partial charge is 0.104 e. The predicted molar refractivity (Wildman–Crippen MR) is 77.9 cm³/mol. The molecule has 1 aliphatic heterocycles. The second-order valence-corrected chi connectivity index (χ2v) is 7.02. The minimum absolute atomic E-state index is 0.0165. The molecule has 4 atom stereocenters. The Kier molecular flexibility index (Phi) is 5.11. The Morgan fingerprint density at radius 1 is 1.40 bits per heavy atom. The topological polar surface area (TPSA) is 40.2 Å². The average Bonchev–Trinajstić information content (AvgIpc) is 3.28. The number of rotatable bonds is 10. The van der Waals surface area contributed by atoms with Gasteiger partial charge in [-0.1, -0.05) is 6.92 Å². The number of methoxy groups -OCH3 is 1. The first-order chi connectivity index (χ1) is 9.38. The molecule has 2 fully saturated rings. The molecule has 0 amide bonds. The minimum Gasteiger partial charge on any atom is -0.379 e. The fourth-order valence-electron chi connectivity index (χ4n) is 2.67. The van der Waals surface area contributed by atoms with Gasteiger partial charge in [0, 0.05) is 7.11 Å². The lowest BCUT2D eigenvalue weighted by Gasteiger charge is -2.26. The van der Waals surface area contributed by atoms with Crippen LogP contribution in [0.5, 0.6) is 0 Å². The van der Waals surface area contributed by atoms with Crippen molar-refractivity contribution in [3.8, 4) is 0 Å². The highest BCUT2D eigenvalue weighted by Gasteiger charge is 2.53. The largest absolute Gasteiger partial charge is 0.379 e. The predicted octanol–water partition coefficient (Wildman–Crippen LogP) is 2.79. The van der Waals surface area contributed by atoms with Gasteiger partial charge in [0.2, 0.25) is 0 Å². The minimum atomic E-state index is -0.0941. The first-order valence-corrected chi connectivity index (χ1v) is 7.81. The van der Waals surface area contributed by atoms with Crippen molar-refractivity contribution in [1.82, 2.24) is 0 Å². The van der Waals surface area contributed by atoms with E-state index in [9.17, 15) is 0 Å². The van der Waals surface area contributed by atoms with Gasteiger partial charge in [0.15, 0.2) is 0 Å². The Morgan fingerprint density at radius 2 is 2.10 bits per heavy atom. The monoisotopic (exact) mass is 286 g/mol. The molecular formula is C16H30O4. The lowest BCUT2D eigenvalue weighted by molar-refractivity contribution is -0.0594. The third kappa shape index (κ3) is 4.69. The van der Waals surface area contributed by atoms with Crippen LogP contribution < -0.4 is 0 Å². The molecule has 1 saturated heterocycles. The first kappa shape index (κ1) is 16.2. The van der Waals surface area contributed by atoms with Crippen molar-refractivity contribution in [3.05, 3.63) is 0 Å². The summed E-state index contributed by atoms with van der Waals surface area (Å²) in [6.07, 6.45) is 3.71. The van der Waals surface area contributed by atoms with Crippen LogP contribution in [-0.4, -0.2) is 50.3 Å². The van der Waals surface area contributed by atoms with Crippen molar-refractivity contribution in [2.24, 2.45) is 5.92 Å². The fraction of sp³-hybridized carbons (Fsp3) is 1.00. The summed E-state index contributed by atoms with van der Waals surface area (Å²) in [6.45, 7) is 10.9. The van der Waals surface area contributed by atoms with E-state index in [1.165, 1.54) is 0 Å². The van der Waals surface area contributed by atoms with E-state index >= 15 is 0 Å². The van der Waals surface area contributed by atoms with E-state index in [0.717, 1.165) is 32.5 Å². The molecule has 2 aliphatic rings. The van der Waals surface area contributed by atoms with E-state index in [-0.39, 0.29) is 17.3 Å². The Labute approximate surface area is 123 Å². The molecule has 0 aromatic rings. The van der Waals surface area contributed by atoms with E-state index < -0.39 is 0 Å². The molecule has 2 rings (SSSR count). The molecule has 4 nitrogen and oxygen atoms in total. The van der Waals surface area contributed by atoms with E-state index in [1.807, 2.05) is 0 Å². The molecule has 0 spiro atoms. The molecule has 1 saturated carbocycles. The summed E-state index contributed by atoms with van der Waals surface area (Å²) in [5.41, 5.74) is -0.0776. The molecule has 4 unspecified atom stereocenters. The molecule has 0 radical (unpaired) electrons. The molecule has 0 aromatic carbocycles. The lowest BCUT2D eigenvalue weighted by Crippen LogP contribution is -2.30. The van der Waals surface area contributed by atoms with Crippen LogP contribution in [0.2, 0.25) is 0 Å². The van der Waals surface area contributed by atoms with E-state index in [1.54, 1.807) is 7.11 Å². The van der Waals surface area contributed by atoms with Crippen LogP contribution in [-0.2, 0) is 18.9 Å². The third-order valence-corrected chi connectivity index (χ3v) is 4.54. The summed E-state index contributed by atoms with van der Waals surface area (Å²) < 4.78 is 22.6. The van der Waals surface area contributed by atoms with Crippen molar-refractivity contribution in [3.63, 3.8) is 0 Å². The summed E-state index contributed by atoms with van der Waals surface area (Å²) in [5.74, 6) is 0.590. The van der Waals surface area contributed by atoms with Gasteiger partial charge in [0.1, 0.15) is 6.10 Å². The van der Waals surface area contributed by atoms with Crippen LogP contribution in [0.3, 0.4) is 0 Å². The van der Waals surface area contributed by atoms with Gasteiger partial charge in [-0.25, -0.2) is 0 Å². The van der Waals surface area contributed by atoms with Gasteiger partial charge < -0.3 is 18.9 Å². The molecule has 20 heavy (non-hydrogen) atoms. The molecule has 0 N–H and O–H groups in total. The standard InChI is InChI=1S/C16H30O4/c1-6-13(17-5)10-20-16(4)8-12(16)7-15(2,3)19-11-14-9-18-14/h12-14H,6-11H2,1-5H3. The molecule has 4 heteroatoms. The Hall–Kier alpha value is -0.160. The summed E-state index contributed by atoms with van der Waals surface area (Å²) in [7, 11) is 1.75. The maximum absolute atomic E-state index is 6.08.